The van der Waals surface area contributed by atoms with Gasteiger partial charge in [0.15, 0.2) is 6.29 Å². The fourth-order valence-corrected chi connectivity index (χ4v) is 2.02. The molecule has 1 amide bonds. The van der Waals surface area contributed by atoms with Crippen molar-refractivity contribution >= 4 is 12.2 Å². The second kappa shape index (κ2) is 4.88. The average Bonchev–Trinajstić information content (AvgIpc) is 2.82. The van der Waals surface area contributed by atoms with Gasteiger partial charge in [-0.3, -0.25) is 9.59 Å². The number of rotatable bonds is 3. The molecule has 0 spiro atoms. The van der Waals surface area contributed by atoms with Gasteiger partial charge in [0.1, 0.15) is 5.69 Å². The molecule has 1 aromatic heterocycles. The van der Waals surface area contributed by atoms with Crippen LogP contribution in [-0.2, 0) is 5.41 Å². The molecule has 0 radical (unpaired) electrons. The van der Waals surface area contributed by atoms with Crippen molar-refractivity contribution in [3.8, 4) is 5.69 Å². The molecule has 2 N–H and O–H groups in total. The highest BCUT2D eigenvalue weighted by Gasteiger charge is 2.25. The number of aromatic nitrogens is 3. The van der Waals surface area contributed by atoms with Gasteiger partial charge in [0.25, 0.3) is 0 Å². The van der Waals surface area contributed by atoms with Crippen LogP contribution in [0.25, 0.3) is 5.69 Å². The van der Waals surface area contributed by atoms with Crippen molar-refractivity contribution in [2.75, 3.05) is 0 Å². The predicted molar refractivity (Wildman–Crippen MR) is 74.0 cm³/mol. The Morgan fingerprint density at radius 3 is 2.30 bits per heavy atom. The number of carbonyl (C=O) groups is 2. The van der Waals surface area contributed by atoms with Crippen molar-refractivity contribution in [3.05, 3.63) is 41.2 Å². The highest BCUT2D eigenvalue weighted by atomic mass is 16.1. The predicted octanol–water partition coefficient (Wildman–Crippen LogP) is 1.48. The van der Waals surface area contributed by atoms with Gasteiger partial charge in [-0.2, -0.15) is 0 Å². The molecule has 6 nitrogen and oxygen atoms in total. The number of amides is 1. The van der Waals surface area contributed by atoms with E-state index in [4.69, 9.17) is 5.73 Å². The molecule has 2 aromatic rings. The maximum atomic E-state index is 11.1. The van der Waals surface area contributed by atoms with Gasteiger partial charge in [0, 0.05) is 11.0 Å². The summed E-state index contributed by atoms with van der Waals surface area (Å²) in [5, 5.41) is 7.91. The first-order valence-electron chi connectivity index (χ1n) is 6.16. The van der Waals surface area contributed by atoms with Crippen molar-refractivity contribution < 1.29 is 9.59 Å². The van der Waals surface area contributed by atoms with E-state index >= 15 is 0 Å². The van der Waals surface area contributed by atoms with Crippen molar-refractivity contribution in [3.63, 3.8) is 0 Å². The summed E-state index contributed by atoms with van der Waals surface area (Å²) < 4.78 is 1.61. The van der Waals surface area contributed by atoms with E-state index in [0.29, 0.717) is 17.5 Å². The van der Waals surface area contributed by atoms with E-state index in [9.17, 15) is 9.59 Å². The van der Waals surface area contributed by atoms with Crippen LogP contribution in [-0.4, -0.2) is 27.2 Å². The fraction of sp³-hybridized carbons (Fsp3) is 0.286. The van der Waals surface area contributed by atoms with Crippen LogP contribution in [0, 0.1) is 0 Å². The lowest BCUT2D eigenvalue weighted by Crippen LogP contribution is -2.19. The Morgan fingerprint density at radius 1 is 1.25 bits per heavy atom. The quantitative estimate of drug-likeness (QED) is 0.857. The second-order valence-electron chi connectivity index (χ2n) is 5.51. The minimum Gasteiger partial charge on any atom is -0.366 e. The van der Waals surface area contributed by atoms with Gasteiger partial charge in [-0.05, 0) is 24.3 Å². The molecular weight excluding hydrogens is 256 g/mol. The minimum absolute atomic E-state index is 0.290. The summed E-state index contributed by atoms with van der Waals surface area (Å²) in [6, 6.07) is 6.68. The Bertz CT molecular complexity index is 651. The molecule has 0 bridgehead atoms. The maximum Gasteiger partial charge on any atom is 0.248 e. The zero-order valence-electron chi connectivity index (χ0n) is 11.6. The smallest absolute Gasteiger partial charge is 0.248 e. The van der Waals surface area contributed by atoms with E-state index in [1.807, 2.05) is 20.8 Å². The number of nitrogens with two attached hydrogens (primary N) is 1. The van der Waals surface area contributed by atoms with Gasteiger partial charge in [-0.15, -0.1) is 5.10 Å². The number of nitrogens with zero attached hydrogens (tertiary/aromatic N) is 3. The van der Waals surface area contributed by atoms with Gasteiger partial charge in [0.05, 0.1) is 11.4 Å². The van der Waals surface area contributed by atoms with Crippen LogP contribution < -0.4 is 5.73 Å². The standard InChI is InChI=1S/C14H16N4O2/c1-14(2,3)12-11(8-19)16-17-18(12)10-6-4-9(5-7-10)13(15)20/h4-8H,1-3H3,(H2,15,20). The second-order valence-corrected chi connectivity index (χ2v) is 5.51. The van der Waals surface area contributed by atoms with Crippen LogP contribution in [0.4, 0.5) is 0 Å². The molecule has 20 heavy (non-hydrogen) atoms. The molecule has 0 saturated heterocycles. The van der Waals surface area contributed by atoms with Crippen LogP contribution in [0.1, 0.15) is 47.3 Å². The molecule has 0 saturated carbocycles. The van der Waals surface area contributed by atoms with Crippen LogP contribution in [0.2, 0.25) is 0 Å². The highest BCUT2D eigenvalue weighted by Crippen LogP contribution is 2.26. The van der Waals surface area contributed by atoms with Crippen molar-refractivity contribution in [1.29, 1.82) is 0 Å². The lowest BCUT2D eigenvalue weighted by atomic mass is 9.90. The lowest BCUT2D eigenvalue weighted by molar-refractivity contribution is 0.1000. The molecular formula is C14H16N4O2. The summed E-state index contributed by atoms with van der Waals surface area (Å²) in [6.45, 7) is 5.94. The summed E-state index contributed by atoms with van der Waals surface area (Å²) >= 11 is 0. The Balaban J connectivity index is 2.55. The first-order valence-corrected chi connectivity index (χ1v) is 6.16. The molecule has 0 atom stereocenters. The summed E-state index contributed by atoms with van der Waals surface area (Å²) in [5.41, 5.74) is 7.10. The first kappa shape index (κ1) is 13.9. The molecule has 6 heteroatoms. The number of carbonyl (C=O) groups excluding carboxylic acids is 2. The monoisotopic (exact) mass is 272 g/mol. The Hall–Kier alpha value is -2.50. The third kappa shape index (κ3) is 2.45. The topological polar surface area (TPSA) is 90.9 Å². The molecule has 104 valence electrons. The Labute approximate surface area is 116 Å². The third-order valence-electron chi connectivity index (χ3n) is 2.91. The molecule has 0 aliphatic heterocycles. The number of hydrogen-bond acceptors (Lipinski definition) is 4. The fourth-order valence-electron chi connectivity index (χ4n) is 2.02. The van der Waals surface area contributed by atoms with E-state index in [1.54, 1.807) is 28.9 Å². The molecule has 0 aliphatic carbocycles. The summed E-state index contributed by atoms with van der Waals surface area (Å²) in [7, 11) is 0. The van der Waals surface area contributed by atoms with Crippen LogP contribution in [0.5, 0.6) is 0 Å². The van der Waals surface area contributed by atoms with Crippen LogP contribution in [0.3, 0.4) is 0 Å². The Morgan fingerprint density at radius 2 is 1.85 bits per heavy atom. The van der Waals surface area contributed by atoms with E-state index in [2.05, 4.69) is 10.3 Å². The zero-order valence-corrected chi connectivity index (χ0v) is 11.6. The van der Waals surface area contributed by atoms with Gasteiger partial charge in [-0.1, -0.05) is 26.0 Å². The highest BCUT2D eigenvalue weighted by molar-refractivity contribution is 5.92. The molecule has 0 unspecified atom stereocenters. The van der Waals surface area contributed by atoms with E-state index in [-0.39, 0.29) is 5.41 Å². The summed E-state index contributed by atoms with van der Waals surface area (Å²) in [5.74, 6) is -0.486. The van der Waals surface area contributed by atoms with Gasteiger partial charge >= 0.3 is 0 Å². The van der Waals surface area contributed by atoms with Gasteiger partial charge < -0.3 is 5.73 Å². The molecule has 0 fully saturated rings. The van der Waals surface area contributed by atoms with E-state index in [1.165, 1.54) is 0 Å². The third-order valence-corrected chi connectivity index (χ3v) is 2.91. The summed E-state index contributed by atoms with van der Waals surface area (Å²) in [6.07, 6.45) is 0.696. The lowest BCUT2D eigenvalue weighted by Gasteiger charge is -2.20. The van der Waals surface area contributed by atoms with Gasteiger partial charge in [-0.25, -0.2) is 4.68 Å². The zero-order chi connectivity index (χ0) is 14.9. The van der Waals surface area contributed by atoms with E-state index < -0.39 is 5.91 Å². The minimum atomic E-state index is -0.486. The Kier molecular flexibility index (Phi) is 3.40. The summed E-state index contributed by atoms with van der Waals surface area (Å²) in [4.78, 5) is 22.2. The SMILES string of the molecule is CC(C)(C)c1c(C=O)nnn1-c1ccc(C(N)=O)cc1. The van der Waals surface area contributed by atoms with Crippen molar-refractivity contribution in [2.24, 2.45) is 5.73 Å². The maximum absolute atomic E-state index is 11.1. The largest absolute Gasteiger partial charge is 0.366 e. The normalized spacial score (nSPS) is 11.3. The average molecular weight is 272 g/mol. The molecule has 2 rings (SSSR count). The van der Waals surface area contributed by atoms with Crippen molar-refractivity contribution in [1.82, 2.24) is 15.0 Å². The van der Waals surface area contributed by atoms with Crippen LogP contribution in [0.15, 0.2) is 24.3 Å². The molecule has 0 aliphatic rings. The molecule has 1 aromatic carbocycles. The number of benzene rings is 1. The number of aldehydes is 1. The van der Waals surface area contributed by atoms with E-state index in [0.717, 1.165) is 11.4 Å². The first-order chi connectivity index (χ1) is 9.34. The number of primary amides is 1. The van der Waals surface area contributed by atoms with Crippen molar-refractivity contribution in [2.45, 2.75) is 26.2 Å². The molecule has 1 heterocycles. The van der Waals surface area contributed by atoms with Gasteiger partial charge in [0.2, 0.25) is 5.91 Å². The number of hydrogen-bond donors (Lipinski definition) is 1. The van der Waals surface area contributed by atoms with Crippen LogP contribution >= 0.6 is 0 Å².